The van der Waals surface area contributed by atoms with Crippen molar-refractivity contribution in [2.24, 2.45) is 0 Å². The van der Waals surface area contributed by atoms with Gasteiger partial charge in [0, 0.05) is 28.5 Å². The van der Waals surface area contributed by atoms with Gasteiger partial charge in [-0.3, -0.25) is 0 Å². The monoisotopic (exact) mass is 303 g/mol. The van der Waals surface area contributed by atoms with Gasteiger partial charge in [-0.2, -0.15) is 0 Å². The molecule has 0 fully saturated rings. The van der Waals surface area contributed by atoms with Gasteiger partial charge in [0.2, 0.25) is 0 Å². The van der Waals surface area contributed by atoms with E-state index in [2.05, 4.69) is 37.3 Å². The lowest BCUT2D eigenvalue weighted by molar-refractivity contribution is 0.432. The van der Waals surface area contributed by atoms with Gasteiger partial charge in [-0.15, -0.1) is 0 Å². The Morgan fingerprint density at radius 2 is 1.78 bits per heavy atom. The molecule has 2 aromatic carbocycles. The Balaban J connectivity index is 2.38. The maximum absolute atomic E-state index is 6.09. The molecule has 0 amide bonds. The van der Waals surface area contributed by atoms with E-state index in [1.54, 1.807) is 0 Å². The molecule has 0 aromatic heterocycles. The zero-order chi connectivity index (χ0) is 16.4. The Morgan fingerprint density at radius 1 is 1.00 bits per heavy atom. The number of hydrogen-bond acceptors (Lipinski definition) is 2. The van der Waals surface area contributed by atoms with Gasteiger partial charge >= 0.3 is 0 Å². The zero-order valence-electron chi connectivity index (χ0n) is 13.8. The van der Waals surface area contributed by atoms with Gasteiger partial charge in [0.25, 0.3) is 0 Å². The number of rotatable bonds is 2. The van der Waals surface area contributed by atoms with Crippen molar-refractivity contribution in [3.05, 3.63) is 88.7 Å². The molecule has 1 heterocycles. The van der Waals surface area contributed by atoms with Crippen molar-refractivity contribution in [3.63, 3.8) is 0 Å². The standard InChI is InChI=1S/C21H21NO/c1-4-8-17-19(5-2)23-20-13-15(22)11-12-18(20)21(17)16-10-7-6-9-14(16)3/h4-13H,22H2,1-3H3/b8-4-,19-5+. The van der Waals surface area contributed by atoms with Crippen LogP contribution in [0.15, 0.2) is 72.0 Å². The fraction of sp³-hybridized carbons (Fsp3) is 0.143. The van der Waals surface area contributed by atoms with E-state index >= 15 is 0 Å². The average Bonchev–Trinajstić information content (AvgIpc) is 2.55. The molecule has 0 aliphatic carbocycles. The maximum Gasteiger partial charge on any atom is 0.137 e. The molecule has 0 atom stereocenters. The van der Waals surface area contributed by atoms with Crippen LogP contribution in [0.2, 0.25) is 0 Å². The minimum absolute atomic E-state index is 0.706. The van der Waals surface area contributed by atoms with E-state index in [0.717, 1.165) is 22.6 Å². The first-order valence-electron chi connectivity index (χ1n) is 7.83. The van der Waals surface area contributed by atoms with E-state index in [-0.39, 0.29) is 0 Å². The van der Waals surface area contributed by atoms with E-state index in [0.29, 0.717) is 5.69 Å². The van der Waals surface area contributed by atoms with Crippen LogP contribution in [0.3, 0.4) is 0 Å². The highest BCUT2D eigenvalue weighted by Crippen LogP contribution is 2.43. The van der Waals surface area contributed by atoms with Crippen molar-refractivity contribution in [1.82, 2.24) is 0 Å². The van der Waals surface area contributed by atoms with E-state index < -0.39 is 0 Å². The summed E-state index contributed by atoms with van der Waals surface area (Å²) in [5, 5.41) is 0. The molecule has 116 valence electrons. The third kappa shape index (κ3) is 2.68. The lowest BCUT2D eigenvalue weighted by atomic mass is 9.87. The van der Waals surface area contributed by atoms with Crippen LogP contribution in [-0.2, 0) is 0 Å². The van der Waals surface area contributed by atoms with Gasteiger partial charge in [-0.25, -0.2) is 0 Å². The molecule has 0 bridgehead atoms. The second-order valence-electron chi connectivity index (χ2n) is 5.61. The minimum Gasteiger partial charge on any atom is -0.456 e. The second kappa shape index (κ2) is 6.17. The zero-order valence-corrected chi connectivity index (χ0v) is 13.8. The summed E-state index contributed by atoms with van der Waals surface area (Å²) in [6, 6.07) is 14.3. The second-order valence-corrected chi connectivity index (χ2v) is 5.61. The van der Waals surface area contributed by atoms with Crippen LogP contribution in [0.1, 0.15) is 30.5 Å². The molecule has 1 aliphatic rings. The van der Waals surface area contributed by atoms with Gasteiger partial charge in [0.15, 0.2) is 0 Å². The number of aryl methyl sites for hydroxylation is 1. The molecule has 2 nitrogen and oxygen atoms in total. The molecule has 0 spiro atoms. The topological polar surface area (TPSA) is 35.2 Å². The number of ether oxygens (including phenoxy) is 1. The van der Waals surface area contributed by atoms with Crippen LogP contribution in [0.25, 0.3) is 5.57 Å². The van der Waals surface area contributed by atoms with E-state index in [4.69, 9.17) is 10.5 Å². The molecule has 0 saturated heterocycles. The van der Waals surface area contributed by atoms with Crippen LogP contribution in [0.5, 0.6) is 5.75 Å². The number of anilines is 1. The van der Waals surface area contributed by atoms with Crippen LogP contribution in [0.4, 0.5) is 5.69 Å². The lowest BCUT2D eigenvalue weighted by Gasteiger charge is -2.26. The van der Waals surface area contributed by atoms with Crippen LogP contribution >= 0.6 is 0 Å². The Hall–Kier alpha value is -2.74. The largest absolute Gasteiger partial charge is 0.456 e. The minimum atomic E-state index is 0.706. The highest BCUT2D eigenvalue weighted by Gasteiger charge is 2.24. The van der Waals surface area contributed by atoms with Crippen LogP contribution < -0.4 is 10.5 Å². The number of nitrogens with two attached hydrogens (primary N) is 1. The van der Waals surface area contributed by atoms with Gasteiger partial charge in [-0.05, 0) is 50.1 Å². The highest BCUT2D eigenvalue weighted by molar-refractivity contribution is 5.91. The first-order valence-corrected chi connectivity index (χ1v) is 7.83. The normalized spacial score (nSPS) is 15.9. The van der Waals surface area contributed by atoms with E-state index in [1.807, 2.05) is 44.2 Å². The molecule has 0 unspecified atom stereocenters. The molecule has 23 heavy (non-hydrogen) atoms. The van der Waals surface area contributed by atoms with Crippen molar-refractivity contribution in [2.45, 2.75) is 20.8 Å². The molecule has 2 aromatic rings. The maximum atomic E-state index is 6.09. The summed E-state index contributed by atoms with van der Waals surface area (Å²) >= 11 is 0. The molecule has 0 radical (unpaired) electrons. The van der Waals surface area contributed by atoms with Crippen molar-refractivity contribution in [3.8, 4) is 5.75 Å². The Bertz CT molecular complexity index is 841. The van der Waals surface area contributed by atoms with Gasteiger partial charge in [0.05, 0.1) is 0 Å². The Labute approximate surface area is 137 Å². The predicted octanol–water partition coefficient (Wildman–Crippen LogP) is 5.25. The average molecular weight is 303 g/mol. The highest BCUT2D eigenvalue weighted by atomic mass is 16.5. The fourth-order valence-electron chi connectivity index (χ4n) is 2.96. The number of fused-ring (bicyclic) bond motifs is 1. The van der Waals surface area contributed by atoms with E-state index in [1.165, 1.54) is 16.7 Å². The van der Waals surface area contributed by atoms with Gasteiger partial charge < -0.3 is 10.5 Å². The third-order valence-corrected chi connectivity index (χ3v) is 4.04. The molecule has 1 aliphatic heterocycles. The molecular weight excluding hydrogens is 282 g/mol. The summed E-state index contributed by atoms with van der Waals surface area (Å²) in [6.45, 7) is 6.15. The number of hydrogen-bond donors (Lipinski definition) is 1. The fourth-order valence-corrected chi connectivity index (χ4v) is 2.96. The first kappa shape index (κ1) is 15.2. The smallest absolute Gasteiger partial charge is 0.137 e. The summed E-state index contributed by atoms with van der Waals surface area (Å²) in [7, 11) is 0. The van der Waals surface area contributed by atoms with Crippen molar-refractivity contribution in [1.29, 1.82) is 0 Å². The molecule has 2 heteroatoms. The third-order valence-electron chi connectivity index (χ3n) is 4.04. The molecule has 2 N–H and O–H groups in total. The SMILES string of the molecule is C/C=C\C1=C(c2ccccc2C)c2ccc(N)cc2O/C1=C/C. The van der Waals surface area contributed by atoms with Crippen molar-refractivity contribution >= 4 is 11.3 Å². The Morgan fingerprint density at radius 3 is 2.48 bits per heavy atom. The number of allylic oxidation sites excluding steroid dienone is 3. The van der Waals surface area contributed by atoms with Crippen LogP contribution in [-0.4, -0.2) is 0 Å². The number of benzene rings is 2. The first-order chi connectivity index (χ1) is 11.2. The number of nitrogen functional groups attached to an aromatic ring is 1. The molecule has 3 rings (SSSR count). The lowest BCUT2D eigenvalue weighted by Crippen LogP contribution is -2.10. The quantitative estimate of drug-likeness (QED) is 0.769. The summed E-state index contributed by atoms with van der Waals surface area (Å²) in [5.74, 6) is 1.67. The van der Waals surface area contributed by atoms with Gasteiger partial charge in [-0.1, -0.05) is 36.4 Å². The van der Waals surface area contributed by atoms with Crippen molar-refractivity contribution in [2.75, 3.05) is 5.73 Å². The molecular formula is C21H21NO. The van der Waals surface area contributed by atoms with Gasteiger partial charge in [0.1, 0.15) is 11.5 Å². The van der Waals surface area contributed by atoms with Crippen LogP contribution in [0, 0.1) is 6.92 Å². The summed E-state index contributed by atoms with van der Waals surface area (Å²) in [6.07, 6.45) is 6.15. The Kier molecular flexibility index (Phi) is 4.07. The summed E-state index contributed by atoms with van der Waals surface area (Å²) < 4.78 is 6.09. The van der Waals surface area contributed by atoms with E-state index in [9.17, 15) is 0 Å². The summed E-state index contributed by atoms with van der Waals surface area (Å²) in [4.78, 5) is 0. The molecule has 0 saturated carbocycles. The predicted molar refractivity (Wildman–Crippen MR) is 97.3 cm³/mol. The van der Waals surface area contributed by atoms with Crippen molar-refractivity contribution < 1.29 is 4.74 Å². The summed E-state index contributed by atoms with van der Waals surface area (Å²) in [5.41, 5.74) is 12.5.